The molecule has 120 valence electrons. The highest BCUT2D eigenvalue weighted by Crippen LogP contribution is 2.32. The second kappa shape index (κ2) is 7.51. The Morgan fingerprint density at radius 2 is 1.87 bits per heavy atom. The quantitative estimate of drug-likeness (QED) is 0.767. The van der Waals surface area contributed by atoms with Crippen LogP contribution in [-0.4, -0.2) is 37.5 Å². The Bertz CT molecular complexity index is 672. The largest absolute Gasteiger partial charge is 0.492 e. The minimum absolute atomic E-state index is 0.419. The molecule has 1 saturated heterocycles. The van der Waals surface area contributed by atoms with Crippen LogP contribution < -0.4 is 4.74 Å². The fourth-order valence-electron chi connectivity index (χ4n) is 2.93. The van der Waals surface area contributed by atoms with Gasteiger partial charge in [-0.15, -0.1) is 0 Å². The summed E-state index contributed by atoms with van der Waals surface area (Å²) < 4.78 is 5.68. The summed E-state index contributed by atoms with van der Waals surface area (Å²) in [5.41, 5.74) is 1.21. The third kappa shape index (κ3) is 4.05. The van der Waals surface area contributed by atoms with Crippen LogP contribution in [0.2, 0.25) is 5.02 Å². The summed E-state index contributed by atoms with van der Waals surface area (Å²) in [5.74, 6) is 2.44. The van der Waals surface area contributed by atoms with Gasteiger partial charge in [0, 0.05) is 31.0 Å². The Morgan fingerprint density at radius 3 is 2.65 bits per heavy atom. The van der Waals surface area contributed by atoms with Crippen molar-refractivity contribution in [3.8, 4) is 5.75 Å². The first-order chi connectivity index (χ1) is 11.2. The first-order valence-electron chi connectivity index (χ1n) is 7.91. The molecule has 1 fully saturated rings. The number of aliphatic imine (C=N–C) groups is 1. The number of rotatable bonds is 5. The van der Waals surface area contributed by atoms with Gasteiger partial charge in [-0.1, -0.05) is 48.0 Å². The van der Waals surface area contributed by atoms with Crippen molar-refractivity contribution in [3.63, 3.8) is 0 Å². The monoisotopic (exact) mass is 328 g/mol. The number of ether oxygens (including phenoxy) is 1. The standard InChI is InChI=1S/C19H21ClN2O/c1-22-14-15(17-9-5-6-10-18(17)20)13-19(22)21-11-12-23-16-7-3-2-4-8-16/h2-10,15H,11-14H2,1H3/b21-19+. The number of hydrogen-bond acceptors (Lipinski definition) is 2. The summed E-state index contributed by atoms with van der Waals surface area (Å²) >= 11 is 6.32. The molecule has 0 N–H and O–H groups in total. The van der Waals surface area contributed by atoms with Crippen LogP contribution in [-0.2, 0) is 0 Å². The molecule has 1 aliphatic heterocycles. The van der Waals surface area contributed by atoms with Gasteiger partial charge in [0.15, 0.2) is 0 Å². The SMILES string of the molecule is CN1CC(c2ccccc2Cl)C/C1=N\CCOc1ccccc1. The van der Waals surface area contributed by atoms with Gasteiger partial charge < -0.3 is 9.64 Å². The maximum absolute atomic E-state index is 6.32. The predicted molar refractivity (Wildman–Crippen MR) is 95.7 cm³/mol. The lowest BCUT2D eigenvalue weighted by Gasteiger charge is -2.13. The average Bonchev–Trinajstić information content (AvgIpc) is 2.94. The minimum atomic E-state index is 0.419. The molecule has 2 aromatic rings. The van der Waals surface area contributed by atoms with Crippen molar-refractivity contribution in [3.05, 3.63) is 65.2 Å². The van der Waals surface area contributed by atoms with Gasteiger partial charge >= 0.3 is 0 Å². The Labute approximate surface area is 142 Å². The van der Waals surface area contributed by atoms with Gasteiger partial charge in [0.05, 0.1) is 12.4 Å². The molecule has 0 aromatic heterocycles. The van der Waals surface area contributed by atoms with Crippen molar-refractivity contribution in [1.82, 2.24) is 4.90 Å². The molecule has 1 unspecified atom stereocenters. The number of amidine groups is 1. The van der Waals surface area contributed by atoms with E-state index in [0.717, 1.165) is 29.6 Å². The van der Waals surface area contributed by atoms with Crippen LogP contribution in [0.5, 0.6) is 5.75 Å². The number of likely N-dealkylation sites (tertiary alicyclic amines) is 1. The predicted octanol–water partition coefficient (Wildman–Crippen LogP) is 4.24. The van der Waals surface area contributed by atoms with E-state index >= 15 is 0 Å². The van der Waals surface area contributed by atoms with Gasteiger partial charge in [0.1, 0.15) is 12.4 Å². The van der Waals surface area contributed by atoms with Crippen LogP contribution in [0.15, 0.2) is 59.6 Å². The summed E-state index contributed by atoms with van der Waals surface area (Å²) in [4.78, 5) is 6.92. The molecular weight excluding hydrogens is 308 g/mol. The normalized spacial score (nSPS) is 19.3. The molecule has 4 heteroatoms. The molecule has 0 radical (unpaired) electrons. The third-order valence-corrected chi connectivity index (χ3v) is 4.45. The van der Waals surface area contributed by atoms with E-state index in [1.165, 1.54) is 5.56 Å². The molecule has 0 aliphatic carbocycles. The molecule has 0 saturated carbocycles. The minimum Gasteiger partial charge on any atom is -0.492 e. The first kappa shape index (κ1) is 15.9. The molecule has 2 aromatic carbocycles. The van der Waals surface area contributed by atoms with Gasteiger partial charge in [0.2, 0.25) is 0 Å². The van der Waals surface area contributed by atoms with E-state index in [2.05, 4.69) is 18.0 Å². The van der Waals surface area contributed by atoms with Crippen molar-refractivity contribution in [2.24, 2.45) is 4.99 Å². The molecular formula is C19H21ClN2O. The van der Waals surface area contributed by atoms with E-state index in [1.54, 1.807) is 0 Å². The molecule has 3 rings (SSSR count). The molecule has 0 amide bonds. The molecule has 0 spiro atoms. The van der Waals surface area contributed by atoms with Gasteiger partial charge in [-0.05, 0) is 23.8 Å². The van der Waals surface area contributed by atoms with Gasteiger partial charge in [-0.25, -0.2) is 0 Å². The number of nitrogens with zero attached hydrogens (tertiary/aromatic N) is 2. The number of benzene rings is 2. The lowest BCUT2D eigenvalue weighted by atomic mass is 9.98. The zero-order valence-electron chi connectivity index (χ0n) is 13.3. The number of likely N-dealkylation sites (N-methyl/N-ethyl adjacent to an activating group) is 1. The number of hydrogen-bond donors (Lipinski definition) is 0. The Kier molecular flexibility index (Phi) is 5.19. The lowest BCUT2D eigenvalue weighted by Crippen LogP contribution is -2.20. The van der Waals surface area contributed by atoms with E-state index < -0.39 is 0 Å². The van der Waals surface area contributed by atoms with Crippen LogP contribution in [0.3, 0.4) is 0 Å². The highest BCUT2D eigenvalue weighted by molar-refractivity contribution is 6.31. The summed E-state index contributed by atoms with van der Waals surface area (Å²) in [6, 6.07) is 17.9. The molecule has 1 heterocycles. The van der Waals surface area contributed by atoms with Crippen LogP contribution in [0.1, 0.15) is 17.9 Å². The first-order valence-corrected chi connectivity index (χ1v) is 8.28. The second-order valence-corrected chi connectivity index (χ2v) is 6.17. The second-order valence-electron chi connectivity index (χ2n) is 5.76. The topological polar surface area (TPSA) is 24.8 Å². The van der Waals surface area contributed by atoms with Crippen LogP contribution in [0.25, 0.3) is 0 Å². The maximum Gasteiger partial charge on any atom is 0.119 e. The van der Waals surface area contributed by atoms with Crippen molar-refractivity contribution in [2.45, 2.75) is 12.3 Å². The molecule has 1 atom stereocenters. The lowest BCUT2D eigenvalue weighted by molar-refractivity contribution is 0.328. The summed E-state index contributed by atoms with van der Waals surface area (Å²) in [6.07, 6.45) is 0.936. The summed E-state index contributed by atoms with van der Waals surface area (Å²) in [7, 11) is 2.09. The smallest absolute Gasteiger partial charge is 0.119 e. The van der Waals surface area contributed by atoms with E-state index in [4.69, 9.17) is 21.3 Å². The van der Waals surface area contributed by atoms with Crippen LogP contribution >= 0.6 is 11.6 Å². The number of para-hydroxylation sites is 1. The van der Waals surface area contributed by atoms with E-state index in [0.29, 0.717) is 19.1 Å². The van der Waals surface area contributed by atoms with Gasteiger partial charge in [0.25, 0.3) is 0 Å². The molecule has 0 bridgehead atoms. The summed E-state index contributed by atoms with van der Waals surface area (Å²) in [5, 5.41) is 0.847. The highest BCUT2D eigenvalue weighted by atomic mass is 35.5. The van der Waals surface area contributed by atoms with E-state index in [-0.39, 0.29) is 0 Å². The van der Waals surface area contributed by atoms with Gasteiger partial charge in [-0.3, -0.25) is 4.99 Å². The van der Waals surface area contributed by atoms with Crippen molar-refractivity contribution in [2.75, 3.05) is 26.7 Å². The van der Waals surface area contributed by atoms with Gasteiger partial charge in [-0.2, -0.15) is 0 Å². The fraction of sp³-hybridized carbons (Fsp3) is 0.316. The molecule has 23 heavy (non-hydrogen) atoms. The zero-order chi connectivity index (χ0) is 16.1. The van der Waals surface area contributed by atoms with Crippen molar-refractivity contribution in [1.29, 1.82) is 0 Å². The fourth-order valence-corrected chi connectivity index (χ4v) is 3.22. The highest BCUT2D eigenvalue weighted by Gasteiger charge is 2.27. The van der Waals surface area contributed by atoms with Crippen LogP contribution in [0.4, 0.5) is 0 Å². The Balaban J connectivity index is 1.55. The van der Waals surface area contributed by atoms with Crippen molar-refractivity contribution < 1.29 is 4.74 Å². The maximum atomic E-state index is 6.32. The Morgan fingerprint density at radius 1 is 1.13 bits per heavy atom. The number of halogens is 1. The zero-order valence-corrected chi connectivity index (χ0v) is 14.0. The van der Waals surface area contributed by atoms with Crippen molar-refractivity contribution >= 4 is 17.4 Å². The van der Waals surface area contributed by atoms with E-state index in [1.807, 2.05) is 48.5 Å². The molecule has 1 aliphatic rings. The average molecular weight is 329 g/mol. The van der Waals surface area contributed by atoms with E-state index in [9.17, 15) is 0 Å². The third-order valence-electron chi connectivity index (χ3n) is 4.11. The summed E-state index contributed by atoms with van der Waals surface area (Å²) in [6.45, 7) is 2.23. The van der Waals surface area contributed by atoms with Crippen LogP contribution in [0, 0.1) is 0 Å². The Hall–Kier alpha value is -2.00. The molecule has 3 nitrogen and oxygen atoms in total.